The van der Waals surface area contributed by atoms with Gasteiger partial charge in [0.25, 0.3) is 0 Å². The second-order valence-corrected chi connectivity index (χ2v) is 4.96. The van der Waals surface area contributed by atoms with Crippen molar-refractivity contribution in [3.63, 3.8) is 0 Å². The molecule has 0 radical (unpaired) electrons. The number of rotatable bonds is 7. The van der Waals surface area contributed by atoms with Crippen LogP contribution in [0.25, 0.3) is 0 Å². The van der Waals surface area contributed by atoms with Gasteiger partial charge in [0.05, 0.1) is 26.0 Å². The summed E-state index contributed by atoms with van der Waals surface area (Å²) in [5.41, 5.74) is 7.91. The summed E-state index contributed by atoms with van der Waals surface area (Å²) in [4.78, 5) is 12.9. The highest BCUT2D eigenvalue weighted by atomic mass is 16.5. The lowest BCUT2D eigenvalue weighted by atomic mass is 10.2. The van der Waals surface area contributed by atoms with Crippen molar-refractivity contribution in [2.75, 3.05) is 39.5 Å². The summed E-state index contributed by atoms with van der Waals surface area (Å²) in [6.07, 6.45) is 2.51. The zero-order valence-electron chi connectivity index (χ0n) is 12.5. The van der Waals surface area contributed by atoms with Crippen LogP contribution in [0.3, 0.4) is 0 Å². The summed E-state index contributed by atoms with van der Waals surface area (Å²) in [5.74, 6) is 0.821. The molecule has 0 aromatic heterocycles. The smallest absolute Gasteiger partial charge is 0.332 e. The number of hydrazone groups is 1. The van der Waals surface area contributed by atoms with Crippen LogP contribution in [0.5, 0.6) is 5.75 Å². The van der Waals surface area contributed by atoms with Gasteiger partial charge in [-0.15, -0.1) is 0 Å². The zero-order chi connectivity index (χ0) is 15.6. The maximum absolute atomic E-state index is 10.5. The van der Waals surface area contributed by atoms with Crippen LogP contribution in [0, 0.1) is 0 Å². The third-order valence-corrected chi connectivity index (χ3v) is 3.26. The lowest BCUT2D eigenvalue weighted by Gasteiger charge is -2.26. The number of ether oxygens (including phenoxy) is 2. The first kappa shape index (κ1) is 16.3. The van der Waals surface area contributed by atoms with Gasteiger partial charge in [0.1, 0.15) is 5.75 Å². The molecule has 0 atom stereocenters. The van der Waals surface area contributed by atoms with E-state index in [1.807, 2.05) is 24.3 Å². The number of carbonyl (C=O) groups is 1. The molecular formula is C15H22N4O3. The van der Waals surface area contributed by atoms with Gasteiger partial charge in [-0.25, -0.2) is 10.2 Å². The summed E-state index contributed by atoms with van der Waals surface area (Å²) < 4.78 is 11.0. The summed E-state index contributed by atoms with van der Waals surface area (Å²) >= 11 is 0. The second-order valence-electron chi connectivity index (χ2n) is 4.96. The van der Waals surface area contributed by atoms with E-state index in [9.17, 15) is 4.79 Å². The molecule has 1 aromatic carbocycles. The molecule has 2 amide bonds. The molecule has 22 heavy (non-hydrogen) atoms. The summed E-state index contributed by atoms with van der Waals surface area (Å²) in [7, 11) is 0. The lowest BCUT2D eigenvalue weighted by molar-refractivity contribution is 0.0358. The Morgan fingerprint density at radius 2 is 2.09 bits per heavy atom. The third kappa shape index (κ3) is 6.11. The minimum Gasteiger partial charge on any atom is -0.494 e. The Bertz CT molecular complexity index is 484. The topological polar surface area (TPSA) is 89.2 Å². The number of hydrogen-bond donors (Lipinski definition) is 2. The van der Waals surface area contributed by atoms with E-state index in [2.05, 4.69) is 15.4 Å². The van der Waals surface area contributed by atoms with Crippen molar-refractivity contribution >= 4 is 12.2 Å². The molecule has 1 aromatic rings. The van der Waals surface area contributed by atoms with Crippen LogP contribution >= 0.6 is 0 Å². The van der Waals surface area contributed by atoms with Gasteiger partial charge >= 0.3 is 6.03 Å². The monoisotopic (exact) mass is 306 g/mol. The molecule has 1 saturated heterocycles. The SMILES string of the molecule is NC(=O)NN=Cc1ccc(OCCCN2CCOCC2)cc1. The summed E-state index contributed by atoms with van der Waals surface area (Å²) in [6.45, 7) is 5.39. The van der Waals surface area contributed by atoms with Crippen LogP contribution in [-0.2, 0) is 4.74 Å². The van der Waals surface area contributed by atoms with Crippen molar-refractivity contribution in [1.29, 1.82) is 0 Å². The van der Waals surface area contributed by atoms with Crippen molar-refractivity contribution < 1.29 is 14.3 Å². The van der Waals surface area contributed by atoms with Gasteiger partial charge in [0.2, 0.25) is 0 Å². The first-order valence-electron chi connectivity index (χ1n) is 7.35. The number of urea groups is 1. The molecule has 0 unspecified atom stereocenters. The highest BCUT2D eigenvalue weighted by Crippen LogP contribution is 2.11. The van der Waals surface area contributed by atoms with Crippen LogP contribution in [0.1, 0.15) is 12.0 Å². The van der Waals surface area contributed by atoms with Crippen LogP contribution in [0.4, 0.5) is 4.79 Å². The van der Waals surface area contributed by atoms with Gasteiger partial charge in [-0.3, -0.25) is 4.90 Å². The average molecular weight is 306 g/mol. The number of nitrogens with one attached hydrogen (secondary N) is 1. The van der Waals surface area contributed by atoms with Gasteiger partial charge in [-0.2, -0.15) is 5.10 Å². The lowest BCUT2D eigenvalue weighted by Crippen LogP contribution is -2.37. The Balaban J connectivity index is 1.65. The van der Waals surface area contributed by atoms with Crippen LogP contribution in [-0.4, -0.2) is 56.6 Å². The van der Waals surface area contributed by atoms with Crippen molar-refractivity contribution in [1.82, 2.24) is 10.3 Å². The predicted octanol–water partition coefficient (Wildman–Crippen LogP) is 0.790. The molecule has 1 fully saturated rings. The maximum Gasteiger partial charge on any atom is 0.332 e. The molecule has 1 heterocycles. The number of nitrogens with two attached hydrogens (primary N) is 1. The average Bonchev–Trinajstić information content (AvgIpc) is 2.54. The predicted molar refractivity (Wildman–Crippen MR) is 84.1 cm³/mol. The van der Waals surface area contributed by atoms with E-state index in [1.54, 1.807) is 0 Å². The van der Waals surface area contributed by atoms with Crippen LogP contribution in [0.2, 0.25) is 0 Å². The number of hydrogen-bond acceptors (Lipinski definition) is 5. The van der Waals surface area contributed by atoms with Crippen LogP contribution < -0.4 is 15.9 Å². The minimum atomic E-state index is -0.684. The van der Waals surface area contributed by atoms with E-state index in [0.29, 0.717) is 6.61 Å². The minimum absolute atomic E-state index is 0.684. The third-order valence-electron chi connectivity index (χ3n) is 3.26. The molecule has 0 saturated carbocycles. The number of carbonyl (C=O) groups excluding carboxylic acids is 1. The molecule has 3 N–H and O–H groups in total. The largest absolute Gasteiger partial charge is 0.494 e. The molecule has 2 rings (SSSR count). The van der Waals surface area contributed by atoms with E-state index in [-0.39, 0.29) is 0 Å². The Labute approximate surface area is 130 Å². The van der Waals surface area contributed by atoms with Crippen molar-refractivity contribution in [2.24, 2.45) is 10.8 Å². The first-order valence-corrected chi connectivity index (χ1v) is 7.35. The van der Waals surface area contributed by atoms with E-state index >= 15 is 0 Å². The fourth-order valence-corrected chi connectivity index (χ4v) is 2.12. The molecule has 120 valence electrons. The number of primary amides is 1. The van der Waals surface area contributed by atoms with Crippen molar-refractivity contribution in [3.05, 3.63) is 29.8 Å². The molecule has 0 aliphatic carbocycles. The summed E-state index contributed by atoms with van der Waals surface area (Å²) in [6, 6.07) is 6.80. The quantitative estimate of drug-likeness (QED) is 0.443. The molecule has 1 aliphatic heterocycles. The Kier molecular flexibility index (Phi) is 6.66. The van der Waals surface area contributed by atoms with Gasteiger partial charge in [-0.05, 0) is 36.2 Å². The number of nitrogens with zero attached hydrogens (tertiary/aromatic N) is 2. The Morgan fingerprint density at radius 1 is 1.36 bits per heavy atom. The molecule has 0 spiro atoms. The van der Waals surface area contributed by atoms with E-state index in [4.69, 9.17) is 15.2 Å². The molecular weight excluding hydrogens is 284 g/mol. The highest BCUT2D eigenvalue weighted by Gasteiger charge is 2.09. The fraction of sp³-hybridized carbons (Fsp3) is 0.467. The van der Waals surface area contributed by atoms with Crippen molar-refractivity contribution in [3.8, 4) is 5.75 Å². The first-order chi connectivity index (χ1) is 10.7. The van der Waals surface area contributed by atoms with E-state index < -0.39 is 6.03 Å². The molecule has 7 heteroatoms. The normalized spacial score (nSPS) is 15.8. The Hall–Kier alpha value is -2.12. The molecule has 7 nitrogen and oxygen atoms in total. The standard InChI is InChI=1S/C15H22N4O3/c16-15(20)18-17-12-13-2-4-14(5-3-13)22-9-1-6-19-7-10-21-11-8-19/h2-5,12H,1,6-11H2,(H3,16,18,20). The van der Waals surface area contributed by atoms with Gasteiger partial charge < -0.3 is 15.2 Å². The van der Waals surface area contributed by atoms with Gasteiger partial charge in [-0.1, -0.05) is 0 Å². The number of amides is 2. The van der Waals surface area contributed by atoms with Crippen LogP contribution in [0.15, 0.2) is 29.4 Å². The van der Waals surface area contributed by atoms with Gasteiger partial charge in [0.15, 0.2) is 0 Å². The van der Waals surface area contributed by atoms with Gasteiger partial charge in [0, 0.05) is 19.6 Å². The van der Waals surface area contributed by atoms with E-state index in [1.165, 1.54) is 6.21 Å². The Morgan fingerprint density at radius 3 is 2.77 bits per heavy atom. The molecule has 1 aliphatic rings. The van der Waals surface area contributed by atoms with E-state index in [0.717, 1.165) is 50.6 Å². The fourth-order valence-electron chi connectivity index (χ4n) is 2.12. The highest BCUT2D eigenvalue weighted by molar-refractivity contribution is 5.81. The second kappa shape index (κ2) is 9.01. The van der Waals surface area contributed by atoms with Crippen molar-refractivity contribution in [2.45, 2.75) is 6.42 Å². The molecule has 0 bridgehead atoms. The summed E-state index contributed by atoms with van der Waals surface area (Å²) in [5, 5.41) is 3.69. The zero-order valence-corrected chi connectivity index (χ0v) is 12.5. The maximum atomic E-state index is 10.5. The number of benzene rings is 1. The number of morpholine rings is 1.